The highest BCUT2D eigenvalue weighted by Crippen LogP contribution is 2.29. The second-order valence-corrected chi connectivity index (χ2v) is 3.89. The maximum atomic E-state index is 11.4. The second-order valence-electron chi connectivity index (χ2n) is 3.49. The summed E-state index contributed by atoms with van der Waals surface area (Å²) in [6.45, 7) is 1.34. The number of nitrogens with one attached hydrogen (secondary N) is 1. The highest BCUT2D eigenvalue weighted by molar-refractivity contribution is 6.32. The van der Waals surface area contributed by atoms with Gasteiger partial charge in [0, 0.05) is 6.07 Å². The Balaban J connectivity index is 2.86. The third-order valence-corrected chi connectivity index (χ3v) is 2.36. The first-order valence-electron chi connectivity index (χ1n) is 5.02. The molecule has 0 aliphatic rings. The summed E-state index contributed by atoms with van der Waals surface area (Å²) in [7, 11) is 0. The molecule has 3 N–H and O–H groups in total. The Morgan fingerprint density at radius 1 is 1.53 bits per heavy atom. The number of hydrogen-bond donors (Lipinski definition) is 2. The molecule has 0 spiro atoms. The molecule has 0 aromatic heterocycles. The molecule has 0 aliphatic heterocycles. The fourth-order valence-electron chi connectivity index (χ4n) is 1.16. The van der Waals surface area contributed by atoms with E-state index in [4.69, 9.17) is 22.1 Å². The Kier molecular flexibility index (Phi) is 4.65. The number of ether oxygens (including phenoxy) is 1. The molecule has 1 unspecified atom stereocenters. The van der Waals surface area contributed by atoms with Crippen LogP contribution in [-0.2, 0) is 4.79 Å². The molecule has 0 aliphatic carbocycles. The lowest BCUT2D eigenvalue weighted by Crippen LogP contribution is -2.42. The molecule has 1 aromatic carbocycles. The number of carbonyl (C=O) groups excluding carboxylic acids is 2. The van der Waals surface area contributed by atoms with E-state index < -0.39 is 23.0 Å². The molecule has 9 heteroatoms. The molecular formula is C10H10ClN3O5. The van der Waals surface area contributed by atoms with Crippen molar-refractivity contribution >= 4 is 29.2 Å². The molecule has 3 amide bonds. The van der Waals surface area contributed by atoms with Gasteiger partial charge in [-0.25, -0.2) is 4.79 Å². The highest BCUT2D eigenvalue weighted by atomic mass is 35.5. The summed E-state index contributed by atoms with van der Waals surface area (Å²) in [5.74, 6) is -0.821. The van der Waals surface area contributed by atoms with Crippen LogP contribution in [0.2, 0.25) is 5.02 Å². The first kappa shape index (κ1) is 14.7. The van der Waals surface area contributed by atoms with E-state index in [-0.39, 0.29) is 16.5 Å². The number of imide groups is 1. The third-order valence-electron chi connectivity index (χ3n) is 2.04. The zero-order chi connectivity index (χ0) is 14.6. The van der Waals surface area contributed by atoms with Crippen LogP contribution in [-0.4, -0.2) is 23.0 Å². The zero-order valence-electron chi connectivity index (χ0n) is 9.75. The Labute approximate surface area is 112 Å². The molecule has 0 radical (unpaired) electrons. The van der Waals surface area contributed by atoms with Gasteiger partial charge in [0.1, 0.15) is 5.75 Å². The Morgan fingerprint density at radius 3 is 2.68 bits per heavy atom. The number of nitro groups is 1. The van der Waals surface area contributed by atoms with Crippen LogP contribution in [0, 0.1) is 10.1 Å². The maximum absolute atomic E-state index is 11.4. The molecule has 0 fully saturated rings. The molecule has 0 bridgehead atoms. The quantitative estimate of drug-likeness (QED) is 0.636. The topological polar surface area (TPSA) is 125 Å². The van der Waals surface area contributed by atoms with Crippen LogP contribution < -0.4 is 15.8 Å². The van der Waals surface area contributed by atoms with Crippen LogP contribution in [0.5, 0.6) is 5.75 Å². The van der Waals surface area contributed by atoms with Crippen LogP contribution in [0.3, 0.4) is 0 Å². The van der Waals surface area contributed by atoms with E-state index >= 15 is 0 Å². The predicted molar refractivity (Wildman–Crippen MR) is 65.9 cm³/mol. The van der Waals surface area contributed by atoms with Gasteiger partial charge >= 0.3 is 6.03 Å². The molecule has 1 rings (SSSR count). The summed E-state index contributed by atoms with van der Waals surface area (Å²) in [6, 6.07) is 2.53. The SMILES string of the molecule is CC(Oc1cc([N+](=O)[O-])ccc1Cl)C(=O)NC(N)=O. The number of nitrogens with zero attached hydrogens (tertiary/aromatic N) is 1. The average molecular weight is 288 g/mol. The van der Waals surface area contributed by atoms with Gasteiger partial charge < -0.3 is 10.5 Å². The first-order valence-corrected chi connectivity index (χ1v) is 5.40. The number of nitro benzene ring substituents is 1. The lowest BCUT2D eigenvalue weighted by atomic mass is 10.3. The number of hydrogen-bond acceptors (Lipinski definition) is 5. The van der Waals surface area contributed by atoms with Crippen molar-refractivity contribution < 1.29 is 19.2 Å². The van der Waals surface area contributed by atoms with Crippen molar-refractivity contribution in [2.75, 3.05) is 0 Å². The molecule has 1 aromatic rings. The number of amides is 3. The van der Waals surface area contributed by atoms with Crippen LogP contribution in [0.25, 0.3) is 0 Å². The van der Waals surface area contributed by atoms with Gasteiger partial charge in [0.05, 0.1) is 16.0 Å². The van der Waals surface area contributed by atoms with E-state index in [0.717, 1.165) is 6.07 Å². The lowest BCUT2D eigenvalue weighted by Gasteiger charge is -2.14. The summed E-state index contributed by atoms with van der Waals surface area (Å²) in [4.78, 5) is 31.8. The molecule has 0 heterocycles. The summed E-state index contributed by atoms with van der Waals surface area (Å²) in [6.07, 6.45) is -1.09. The lowest BCUT2D eigenvalue weighted by molar-refractivity contribution is -0.384. The first-order chi connectivity index (χ1) is 8.81. The van der Waals surface area contributed by atoms with E-state index in [1.165, 1.54) is 19.1 Å². The van der Waals surface area contributed by atoms with Crippen molar-refractivity contribution in [3.8, 4) is 5.75 Å². The van der Waals surface area contributed by atoms with Crippen molar-refractivity contribution in [2.45, 2.75) is 13.0 Å². The number of urea groups is 1. The summed E-state index contributed by atoms with van der Waals surface area (Å²) >= 11 is 5.78. The smallest absolute Gasteiger partial charge is 0.318 e. The van der Waals surface area contributed by atoms with E-state index in [1.807, 2.05) is 5.32 Å². The third kappa shape index (κ3) is 4.11. The van der Waals surface area contributed by atoms with E-state index in [0.29, 0.717) is 0 Å². The average Bonchev–Trinajstić information content (AvgIpc) is 2.30. The van der Waals surface area contributed by atoms with Crippen molar-refractivity contribution in [2.24, 2.45) is 5.73 Å². The fraction of sp³-hybridized carbons (Fsp3) is 0.200. The van der Waals surface area contributed by atoms with Gasteiger partial charge in [-0.2, -0.15) is 0 Å². The minimum absolute atomic E-state index is 0.0389. The minimum Gasteiger partial charge on any atom is -0.479 e. The molecule has 102 valence electrons. The van der Waals surface area contributed by atoms with Crippen LogP contribution in [0.4, 0.5) is 10.5 Å². The molecule has 0 saturated heterocycles. The van der Waals surface area contributed by atoms with Gasteiger partial charge in [0.15, 0.2) is 6.10 Å². The molecular weight excluding hydrogens is 278 g/mol. The Morgan fingerprint density at radius 2 is 2.16 bits per heavy atom. The van der Waals surface area contributed by atoms with Gasteiger partial charge in [-0.1, -0.05) is 11.6 Å². The summed E-state index contributed by atoms with van der Waals surface area (Å²) < 4.78 is 5.14. The second kappa shape index (κ2) is 6.01. The summed E-state index contributed by atoms with van der Waals surface area (Å²) in [5, 5.41) is 12.5. The van der Waals surface area contributed by atoms with E-state index in [1.54, 1.807) is 0 Å². The number of rotatable bonds is 4. The Bertz CT molecular complexity index is 534. The van der Waals surface area contributed by atoms with Crippen LogP contribution >= 0.6 is 11.6 Å². The van der Waals surface area contributed by atoms with Gasteiger partial charge in [-0.3, -0.25) is 20.2 Å². The number of benzene rings is 1. The van der Waals surface area contributed by atoms with Gasteiger partial charge in [-0.15, -0.1) is 0 Å². The number of halogens is 1. The van der Waals surface area contributed by atoms with Crippen LogP contribution in [0.1, 0.15) is 6.92 Å². The standard InChI is InChI=1S/C10H10ClN3O5/c1-5(9(15)13-10(12)16)19-8-4-6(14(17)18)2-3-7(8)11/h2-5H,1H3,(H3,12,13,15,16). The van der Waals surface area contributed by atoms with Crippen molar-refractivity contribution in [3.63, 3.8) is 0 Å². The summed E-state index contributed by atoms with van der Waals surface area (Å²) in [5.41, 5.74) is 4.54. The van der Waals surface area contributed by atoms with Crippen molar-refractivity contribution in [1.82, 2.24) is 5.32 Å². The van der Waals surface area contributed by atoms with Gasteiger partial charge in [-0.05, 0) is 13.0 Å². The largest absolute Gasteiger partial charge is 0.479 e. The van der Waals surface area contributed by atoms with Gasteiger partial charge in [0.2, 0.25) is 0 Å². The van der Waals surface area contributed by atoms with Crippen LogP contribution in [0.15, 0.2) is 18.2 Å². The minimum atomic E-state index is -1.09. The maximum Gasteiger partial charge on any atom is 0.318 e. The molecule has 0 saturated carbocycles. The van der Waals surface area contributed by atoms with Gasteiger partial charge in [0.25, 0.3) is 11.6 Å². The monoisotopic (exact) mass is 287 g/mol. The highest BCUT2D eigenvalue weighted by Gasteiger charge is 2.19. The van der Waals surface area contributed by atoms with Crippen molar-refractivity contribution in [1.29, 1.82) is 0 Å². The number of primary amides is 1. The van der Waals surface area contributed by atoms with E-state index in [2.05, 4.69) is 0 Å². The normalized spacial score (nSPS) is 11.5. The van der Waals surface area contributed by atoms with E-state index in [9.17, 15) is 19.7 Å². The number of carbonyl (C=O) groups is 2. The van der Waals surface area contributed by atoms with Crippen molar-refractivity contribution in [3.05, 3.63) is 33.3 Å². The molecule has 19 heavy (non-hydrogen) atoms. The molecule has 8 nitrogen and oxygen atoms in total. The zero-order valence-corrected chi connectivity index (χ0v) is 10.5. The molecule has 1 atom stereocenters. The predicted octanol–water partition coefficient (Wildman–Crippen LogP) is 1.21. The fourth-order valence-corrected chi connectivity index (χ4v) is 1.33. The Hall–Kier alpha value is -2.35. The number of non-ortho nitro benzene ring substituents is 1. The number of nitrogens with two attached hydrogens (primary N) is 1.